The summed E-state index contributed by atoms with van der Waals surface area (Å²) in [6, 6.07) is 0. The van der Waals surface area contributed by atoms with Crippen LogP contribution in [0.1, 0.15) is 27.7 Å². The topological polar surface area (TPSA) is 129 Å². The average Bonchev–Trinajstić information content (AvgIpc) is 3.26. The molecule has 3 fully saturated rings. The molecule has 166 valence electrons. The van der Waals surface area contributed by atoms with Crippen molar-refractivity contribution in [2.24, 2.45) is 11.8 Å². The highest BCUT2D eigenvalue weighted by Gasteiger charge is 2.75. The van der Waals surface area contributed by atoms with E-state index in [9.17, 15) is 24.3 Å². The van der Waals surface area contributed by atoms with Crippen LogP contribution in [-0.2, 0) is 38.1 Å². The number of Topliss-reactive ketones (excluding diaryl/α,β-unsaturated/α-hetero) is 1. The molecule has 2 aliphatic heterocycles. The van der Waals surface area contributed by atoms with Crippen LogP contribution in [0.4, 0.5) is 0 Å². The Bertz CT molecular complexity index is 973. The van der Waals surface area contributed by atoms with Crippen molar-refractivity contribution in [1.82, 2.24) is 0 Å². The number of allylic oxidation sites excluding steroid dienone is 1. The molecule has 0 unspecified atom stereocenters. The third-order valence-electron chi connectivity index (χ3n) is 6.68. The maximum Gasteiger partial charge on any atom is 0.337 e. The van der Waals surface area contributed by atoms with E-state index >= 15 is 0 Å². The number of ketones is 1. The van der Waals surface area contributed by atoms with Crippen LogP contribution in [0.15, 0.2) is 34.9 Å². The first-order chi connectivity index (χ1) is 14.5. The van der Waals surface area contributed by atoms with Crippen molar-refractivity contribution in [2.45, 2.75) is 57.7 Å². The first-order valence-corrected chi connectivity index (χ1v) is 10.0. The second-order valence-corrected chi connectivity index (χ2v) is 8.45. The van der Waals surface area contributed by atoms with Crippen LogP contribution in [0.2, 0.25) is 0 Å². The quantitative estimate of drug-likeness (QED) is 0.293. The molecule has 0 aromatic heterocycles. The maximum atomic E-state index is 12.9. The van der Waals surface area contributed by atoms with Crippen LogP contribution >= 0.6 is 0 Å². The molecule has 31 heavy (non-hydrogen) atoms. The summed E-state index contributed by atoms with van der Waals surface area (Å²) in [5.41, 5.74) is -0.0148. The van der Waals surface area contributed by atoms with E-state index in [2.05, 4.69) is 6.58 Å². The highest BCUT2D eigenvalue weighted by atomic mass is 16.6. The fourth-order valence-electron chi connectivity index (χ4n) is 4.93. The Balaban J connectivity index is 1.71. The lowest BCUT2D eigenvalue weighted by Gasteiger charge is -2.31. The molecule has 0 amide bonds. The van der Waals surface area contributed by atoms with Gasteiger partial charge in [-0.2, -0.15) is 0 Å². The molecule has 4 aliphatic rings. The number of aliphatic hydroxyl groups is 1. The number of fused-ring (bicyclic) bond motifs is 5. The van der Waals surface area contributed by atoms with Crippen molar-refractivity contribution in [3.05, 3.63) is 34.9 Å². The molecule has 0 aromatic rings. The van der Waals surface area contributed by atoms with Crippen molar-refractivity contribution in [1.29, 1.82) is 0 Å². The number of aliphatic hydroxyl groups excluding tert-OH is 1. The summed E-state index contributed by atoms with van der Waals surface area (Å²) in [4.78, 5) is 49.1. The van der Waals surface area contributed by atoms with Crippen LogP contribution < -0.4 is 0 Å². The lowest BCUT2D eigenvalue weighted by Crippen LogP contribution is -2.44. The van der Waals surface area contributed by atoms with Gasteiger partial charge in [0.05, 0.1) is 17.4 Å². The van der Waals surface area contributed by atoms with E-state index < -0.39 is 59.8 Å². The number of ether oxygens (including phenoxy) is 4. The molecule has 1 saturated carbocycles. The Hall–Kier alpha value is -2.78. The summed E-state index contributed by atoms with van der Waals surface area (Å²) in [5.74, 6) is -3.78. The summed E-state index contributed by atoms with van der Waals surface area (Å²) >= 11 is 0. The van der Waals surface area contributed by atoms with Gasteiger partial charge in [0, 0.05) is 18.1 Å². The Morgan fingerprint density at radius 1 is 1.32 bits per heavy atom. The number of epoxide rings is 1. The monoisotopic (exact) mass is 432 g/mol. The molecule has 2 aliphatic carbocycles. The molecular weight excluding hydrogens is 408 g/mol. The van der Waals surface area contributed by atoms with Gasteiger partial charge in [0.1, 0.15) is 30.5 Å². The van der Waals surface area contributed by atoms with E-state index in [0.29, 0.717) is 11.1 Å². The van der Waals surface area contributed by atoms with E-state index in [0.717, 1.165) is 0 Å². The van der Waals surface area contributed by atoms with Gasteiger partial charge >= 0.3 is 17.9 Å². The predicted octanol–water partition coefficient (Wildman–Crippen LogP) is 0.553. The molecule has 2 heterocycles. The zero-order chi connectivity index (χ0) is 22.8. The minimum absolute atomic E-state index is 0.0538. The van der Waals surface area contributed by atoms with E-state index in [4.69, 9.17) is 18.9 Å². The van der Waals surface area contributed by atoms with Crippen molar-refractivity contribution in [3.8, 4) is 0 Å². The molecule has 4 rings (SSSR count). The molecule has 9 heteroatoms. The van der Waals surface area contributed by atoms with Crippen molar-refractivity contribution in [2.75, 3.05) is 6.61 Å². The SMILES string of the molecule is C=C1C(=O)O[C@H]2[C@H]1[C@H](OC(=O)/C(=C/C)COC(C)=O)[C@H](O)C(C)=C1C(=O)[C@H]3O[C@@]3(C)[C@H]12. The van der Waals surface area contributed by atoms with Gasteiger partial charge in [-0.1, -0.05) is 12.7 Å². The van der Waals surface area contributed by atoms with Crippen LogP contribution in [0.5, 0.6) is 0 Å². The minimum atomic E-state index is -1.36. The molecular formula is C22H24O9. The Labute approximate surface area is 178 Å². The molecule has 0 radical (unpaired) electrons. The van der Waals surface area contributed by atoms with E-state index in [1.54, 1.807) is 20.8 Å². The normalized spacial score (nSPS) is 38.7. The summed E-state index contributed by atoms with van der Waals surface area (Å²) in [7, 11) is 0. The Morgan fingerprint density at radius 2 is 2.00 bits per heavy atom. The van der Waals surface area contributed by atoms with Gasteiger partial charge in [0.2, 0.25) is 0 Å². The molecule has 0 bridgehead atoms. The van der Waals surface area contributed by atoms with Crippen LogP contribution in [0, 0.1) is 11.8 Å². The average molecular weight is 432 g/mol. The third-order valence-corrected chi connectivity index (χ3v) is 6.68. The minimum Gasteiger partial charge on any atom is -0.461 e. The number of esters is 3. The summed E-state index contributed by atoms with van der Waals surface area (Å²) in [5, 5.41) is 11.1. The van der Waals surface area contributed by atoms with Gasteiger partial charge in [0.15, 0.2) is 11.9 Å². The lowest BCUT2D eigenvalue weighted by molar-refractivity contribution is -0.156. The zero-order valence-corrected chi connectivity index (χ0v) is 17.7. The fourth-order valence-corrected chi connectivity index (χ4v) is 4.93. The molecule has 9 nitrogen and oxygen atoms in total. The number of hydrogen-bond donors (Lipinski definition) is 1. The zero-order valence-electron chi connectivity index (χ0n) is 17.7. The predicted molar refractivity (Wildman–Crippen MR) is 103 cm³/mol. The number of hydrogen-bond acceptors (Lipinski definition) is 9. The second kappa shape index (κ2) is 7.13. The lowest BCUT2D eigenvalue weighted by atomic mass is 9.79. The van der Waals surface area contributed by atoms with Crippen molar-refractivity contribution < 1.29 is 43.2 Å². The highest BCUT2D eigenvalue weighted by Crippen LogP contribution is 2.60. The Kier molecular flexibility index (Phi) is 4.94. The number of carbonyl (C=O) groups excluding carboxylic acids is 4. The molecule has 0 aromatic carbocycles. The summed E-state index contributed by atoms with van der Waals surface area (Å²) < 4.78 is 21.7. The summed E-state index contributed by atoms with van der Waals surface area (Å²) in [6.45, 7) is 9.65. The largest absolute Gasteiger partial charge is 0.461 e. The van der Waals surface area contributed by atoms with Gasteiger partial charge in [-0.15, -0.1) is 0 Å². The van der Waals surface area contributed by atoms with Gasteiger partial charge in [-0.3, -0.25) is 9.59 Å². The first kappa shape index (κ1) is 21.5. The molecule has 7 atom stereocenters. The van der Waals surface area contributed by atoms with E-state index in [-0.39, 0.29) is 23.5 Å². The number of carbonyl (C=O) groups is 4. The summed E-state index contributed by atoms with van der Waals surface area (Å²) in [6.07, 6.45) is -2.66. The maximum absolute atomic E-state index is 12.9. The van der Waals surface area contributed by atoms with Crippen molar-refractivity contribution >= 4 is 23.7 Å². The molecule has 2 saturated heterocycles. The highest BCUT2D eigenvalue weighted by molar-refractivity contribution is 6.07. The molecule has 1 N–H and O–H groups in total. The van der Waals surface area contributed by atoms with Gasteiger partial charge in [0.25, 0.3) is 0 Å². The standard InChI is InChI=1S/C22H24O9/c1-6-11(7-28-10(4)23)21(27)30-18-13-9(3)20(26)29-17(13)14-12(8(2)15(18)24)16(25)19-22(14,5)31-19/h6,13-15,17-19,24H,3,7H2,1-2,4-5H3/b11-6+/t13-,14+,15+,17-,18-,19+,22-/m0/s1. The second-order valence-electron chi connectivity index (χ2n) is 8.45. The van der Waals surface area contributed by atoms with Crippen LogP contribution in [0.25, 0.3) is 0 Å². The van der Waals surface area contributed by atoms with Gasteiger partial charge in [-0.25, -0.2) is 9.59 Å². The van der Waals surface area contributed by atoms with Gasteiger partial charge < -0.3 is 24.1 Å². The fraction of sp³-hybridized carbons (Fsp3) is 0.545. The number of rotatable bonds is 4. The third kappa shape index (κ3) is 3.06. The van der Waals surface area contributed by atoms with Gasteiger partial charge in [-0.05, 0) is 26.3 Å². The smallest absolute Gasteiger partial charge is 0.337 e. The van der Waals surface area contributed by atoms with Crippen molar-refractivity contribution in [3.63, 3.8) is 0 Å². The van der Waals surface area contributed by atoms with E-state index in [1.807, 2.05) is 0 Å². The van der Waals surface area contributed by atoms with Crippen LogP contribution in [0.3, 0.4) is 0 Å². The Morgan fingerprint density at radius 3 is 2.61 bits per heavy atom. The van der Waals surface area contributed by atoms with Crippen LogP contribution in [-0.4, -0.2) is 65.4 Å². The molecule has 0 spiro atoms. The first-order valence-electron chi connectivity index (χ1n) is 10.0. The van der Waals surface area contributed by atoms with E-state index in [1.165, 1.54) is 13.0 Å².